The second kappa shape index (κ2) is 14.6. The molecule has 6 rings (SSSR count). The fourth-order valence-electron chi connectivity index (χ4n) is 3.95. The normalized spacial score (nSPS) is 9.95. The van der Waals surface area contributed by atoms with E-state index in [9.17, 15) is 4.79 Å². The third-order valence-corrected chi connectivity index (χ3v) is 5.82. The summed E-state index contributed by atoms with van der Waals surface area (Å²) in [5.41, 5.74) is 4.76. The number of rotatable bonds is 5. The van der Waals surface area contributed by atoms with Gasteiger partial charge in [0.05, 0.1) is 17.8 Å². The zero-order valence-corrected chi connectivity index (χ0v) is 22.6. The summed E-state index contributed by atoms with van der Waals surface area (Å²) in [5, 5.41) is 21.2. The first-order valence-electron chi connectivity index (χ1n) is 13.2. The highest BCUT2D eigenvalue weighted by Crippen LogP contribution is 2.18. The number of nitrogens with one attached hydrogen (secondary N) is 1. The van der Waals surface area contributed by atoms with Gasteiger partial charge in [-0.3, -0.25) is 4.79 Å². The van der Waals surface area contributed by atoms with E-state index in [1.165, 1.54) is 5.39 Å². The Morgan fingerprint density at radius 2 is 1.23 bits per heavy atom. The molecule has 0 radical (unpaired) electrons. The summed E-state index contributed by atoms with van der Waals surface area (Å²) in [6.45, 7) is 4.00. The van der Waals surface area contributed by atoms with Crippen LogP contribution in [-0.2, 0) is 11.2 Å². The van der Waals surface area contributed by atoms with E-state index in [1.54, 1.807) is 12.3 Å². The standard InChI is InChI=1S/C22H17N3O.C10H8N2.C2H6/c26-22(15-16-10-11-17-6-4-5-9-19(17)14-16)23-21-13-12-20(24-25-21)18-7-2-1-3-8-18;1-2-5-9(6-3-1)10-7-4-8-11-12-10;1-2/h1-14H,15H2,(H,23,25,26);1-8H;1-2H3. The van der Waals surface area contributed by atoms with Crippen LogP contribution >= 0.6 is 0 Å². The predicted octanol–water partition coefficient (Wildman–Crippen LogP) is 7.65. The first kappa shape index (κ1) is 27.8. The van der Waals surface area contributed by atoms with E-state index in [0.29, 0.717) is 12.2 Å². The smallest absolute Gasteiger partial charge is 0.229 e. The second-order valence-electron chi connectivity index (χ2n) is 8.55. The number of nitrogens with zero attached hydrogens (tertiary/aromatic N) is 4. The van der Waals surface area contributed by atoms with Crippen molar-refractivity contribution < 1.29 is 4.79 Å². The largest absolute Gasteiger partial charge is 0.309 e. The number of fused-ring (bicyclic) bond motifs is 1. The Hall–Kier alpha value is -5.23. The molecule has 0 aliphatic carbocycles. The lowest BCUT2D eigenvalue weighted by molar-refractivity contribution is -0.115. The Labute approximate surface area is 234 Å². The van der Waals surface area contributed by atoms with E-state index in [-0.39, 0.29) is 5.91 Å². The van der Waals surface area contributed by atoms with Gasteiger partial charge in [-0.05, 0) is 40.6 Å². The van der Waals surface area contributed by atoms with Crippen molar-refractivity contribution in [1.29, 1.82) is 0 Å². The highest BCUT2D eigenvalue weighted by atomic mass is 16.1. The first-order valence-corrected chi connectivity index (χ1v) is 13.2. The molecular weight excluding hydrogens is 494 g/mol. The lowest BCUT2D eigenvalue weighted by atomic mass is 10.0. The molecule has 2 heterocycles. The van der Waals surface area contributed by atoms with Gasteiger partial charge in [0.15, 0.2) is 5.82 Å². The second-order valence-corrected chi connectivity index (χ2v) is 8.55. The highest BCUT2D eigenvalue weighted by Gasteiger charge is 2.07. The lowest BCUT2D eigenvalue weighted by Gasteiger charge is -2.06. The van der Waals surface area contributed by atoms with Gasteiger partial charge in [-0.25, -0.2) is 0 Å². The van der Waals surface area contributed by atoms with Gasteiger partial charge in [-0.2, -0.15) is 10.2 Å². The Kier molecular flexibility index (Phi) is 10.2. The van der Waals surface area contributed by atoms with Crippen molar-refractivity contribution in [2.45, 2.75) is 20.3 Å². The van der Waals surface area contributed by atoms with E-state index in [1.807, 2.05) is 129 Å². The maximum absolute atomic E-state index is 12.3. The minimum absolute atomic E-state index is 0.109. The van der Waals surface area contributed by atoms with Crippen LogP contribution in [0.2, 0.25) is 0 Å². The highest BCUT2D eigenvalue weighted by molar-refractivity contribution is 5.92. The average Bonchev–Trinajstić information content (AvgIpc) is 3.04. The molecule has 6 nitrogen and oxygen atoms in total. The van der Waals surface area contributed by atoms with Crippen LogP contribution in [0.15, 0.2) is 134 Å². The summed E-state index contributed by atoms with van der Waals surface area (Å²) in [6.07, 6.45) is 1.97. The number of hydrogen-bond acceptors (Lipinski definition) is 5. The molecule has 6 aromatic rings. The van der Waals surface area contributed by atoms with Gasteiger partial charge in [-0.1, -0.05) is 117 Å². The Morgan fingerprint density at radius 1 is 0.600 bits per heavy atom. The fraction of sp³-hybridized carbons (Fsp3) is 0.0882. The van der Waals surface area contributed by atoms with Gasteiger partial charge >= 0.3 is 0 Å². The third-order valence-electron chi connectivity index (χ3n) is 5.82. The Balaban J connectivity index is 0.000000220. The third kappa shape index (κ3) is 7.88. The molecule has 0 fully saturated rings. The summed E-state index contributed by atoms with van der Waals surface area (Å²) in [5.74, 6) is 0.345. The maximum Gasteiger partial charge on any atom is 0.229 e. The Morgan fingerprint density at radius 3 is 1.82 bits per heavy atom. The maximum atomic E-state index is 12.3. The fourth-order valence-corrected chi connectivity index (χ4v) is 3.95. The quantitative estimate of drug-likeness (QED) is 0.250. The number of carbonyl (C=O) groups is 1. The van der Waals surface area contributed by atoms with E-state index >= 15 is 0 Å². The molecule has 6 heteroatoms. The van der Waals surface area contributed by atoms with Crippen molar-refractivity contribution in [1.82, 2.24) is 20.4 Å². The molecule has 2 aromatic heterocycles. The van der Waals surface area contributed by atoms with Crippen molar-refractivity contribution in [2.75, 3.05) is 5.32 Å². The summed E-state index contributed by atoms with van der Waals surface area (Å²) in [6, 6.07) is 41.4. The molecular formula is C34H31N5O. The van der Waals surface area contributed by atoms with Gasteiger partial charge in [0.2, 0.25) is 5.91 Å². The van der Waals surface area contributed by atoms with Crippen LogP contribution in [0.1, 0.15) is 19.4 Å². The minimum atomic E-state index is -0.109. The van der Waals surface area contributed by atoms with Crippen molar-refractivity contribution >= 4 is 22.5 Å². The van der Waals surface area contributed by atoms with Crippen LogP contribution in [0.5, 0.6) is 0 Å². The van der Waals surface area contributed by atoms with Crippen LogP contribution in [0.4, 0.5) is 5.82 Å². The summed E-state index contributed by atoms with van der Waals surface area (Å²) in [4.78, 5) is 12.3. The van der Waals surface area contributed by atoms with Crippen molar-refractivity contribution in [3.8, 4) is 22.5 Å². The van der Waals surface area contributed by atoms with E-state index < -0.39 is 0 Å². The predicted molar refractivity (Wildman–Crippen MR) is 163 cm³/mol. The number of hydrogen-bond donors (Lipinski definition) is 1. The summed E-state index contributed by atoms with van der Waals surface area (Å²) >= 11 is 0. The lowest BCUT2D eigenvalue weighted by Crippen LogP contribution is -2.15. The van der Waals surface area contributed by atoms with E-state index in [4.69, 9.17) is 0 Å². The topological polar surface area (TPSA) is 80.7 Å². The van der Waals surface area contributed by atoms with Gasteiger partial charge in [0.1, 0.15) is 0 Å². The average molecular weight is 526 g/mol. The molecule has 4 aromatic carbocycles. The van der Waals surface area contributed by atoms with Crippen LogP contribution in [0.25, 0.3) is 33.3 Å². The van der Waals surface area contributed by atoms with Crippen molar-refractivity contribution in [3.05, 3.63) is 139 Å². The van der Waals surface area contributed by atoms with Gasteiger partial charge in [-0.15, -0.1) is 10.2 Å². The molecule has 0 aliphatic rings. The Bertz CT molecular complexity index is 1570. The monoisotopic (exact) mass is 525 g/mol. The molecule has 0 saturated heterocycles. The SMILES string of the molecule is CC.O=C(Cc1ccc2ccccc2c1)Nc1ccc(-c2ccccc2)nn1.c1ccc(-c2cccnn2)cc1. The number of amides is 1. The molecule has 1 amide bonds. The number of anilines is 1. The summed E-state index contributed by atoms with van der Waals surface area (Å²) < 4.78 is 0. The number of benzene rings is 4. The molecule has 0 bridgehead atoms. The van der Waals surface area contributed by atoms with Crippen LogP contribution in [0, 0.1) is 0 Å². The van der Waals surface area contributed by atoms with Crippen molar-refractivity contribution in [2.24, 2.45) is 0 Å². The molecule has 0 atom stereocenters. The zero-order chi connectivity index (χ0) is 28.0. The van der Waals surface area contributed by atoms with Gasteiger partial charge in [0, 0.05) is 17.3 Å². The number of carbonyl (C=O) groups excluding carboxylic acids is 1. The molecule has 1 N–H and O–H groups in total. The molecule has 0 unspecified atom stereocenters. The molecule has 198 valence electrons. The summed E-state index contributed by atoms with van der Waals surface area (Å²) in [7, 11) is 0. The van der Waals surface area contributed by atoms with Gasteiger partial charge in [0.25, 0.3) is 0 Å². The molecule has 0 aliphatic heterocycles. The first-order chi connectivity index (χ1) is 19.7. The van der Waals surface area contributed by atoms with Crippen LogP contribution < -0.4 is 5.32 Å². The molecule has 0 saturated carbocycles. The molecule has 0 spiro atoms. The van der Waals surface area contributed by atoms with E-state index in [2.05, 4.69) is 31.8 Å². The van der Waals surface area contributed by atoms with Gasteiger partial charge < -0.3 is 5.32 Å². The molecule has 40 heavy (non-hydrogen) atoms. The minimum Gasteiger partial charge on any atom is -0.309 e. The van der Waals surface area contributed by atoms with Crippen LogP contribution in [0.3, 0.4) is 0 Å². The zero-order valence-electron chi connectivity index (χ0n) is 22.6. The van der Waals surface area contributed by atoms with E-state index in [0.717, 1.165) is 33.5 Å². The number of aromatic nitrogens is 4. The van der Waals surface area contributed by atoms with Crippen molar-refractivity contribution in [3.63, 3.8) is 0 Å². The van der Waals surface area contributed by atoms with Crippen LogP contribution in [-0.4, -0.2) is 26.3 Å².